The lowest BCUT2D eigenvalue weighted by atomic mass is 9.92. The molecule has 2 N–H and O–H groups in total. The summed E-state index contributed by atoms with van der Waals surface area (Å²) in [6.07, 6.45) is 1.60. The first-order valence-electron chi connectivity index (χ1n) is 15.7. The van der Waals surface area contributed by atoms with Gasteiger partial charge in [-0.05, 0) is 108 Å². The van der Waals surface area contributed by atoms with Crippen LogP contribution in [0.25, 0.3) is 0 Å². The molecular formula is C36H55N3O4. The number of alkyl carbamates (subject to hydrolysis) is 1. The molecule has 0 radical (unpaired) electrons. The van der Waals surface area contributed by atoms with E-state index < -0.39 is 23.8 Å². The average Bonchev–Trinajstić information content (AvgIpc) is 2.90. The lowest BCUT2D eigenvalue weighted by Crippen LogP contribution is -2.57. The number of hydrogen-bond donors (Lipinski definition) is 2. The second kappa shape index (κ2) is 15.4. The van der Waals surface area contributed by atoms with Crippen LogP contribution in [-0.2, 0) is 14.3 Å². The number of rotatable bonds is 12. The van der Waals surface area contributed by atoms with Crippen LogP contribution in [0.3, 0.4) is 0 Å². The number of para-hydroxylation sites is 1. The summed E-state index contributed by atoms with van der Waals surface area (Å²) < 4.78 is 5.56. The Morgan fingerprint density at radius 1 is 0.860 bits per heavy atom. The quantitative estimate of drug-likeness (QED) is 0.260. The van der Waals surface area contributed by atoms with E-state index in [9.17, 15) is 14.4 Å². The van der Waals surface area contributed by atoms with Crippen molar-refractivity contribution in [1.29, 1.82) is 0 Å². The van der Waals surface area contributed by atoms with Gasteiger partial charge in [-0.3, -0.25) is 9.59 Å². The highest BCUT2D eigenvalue weighted by molar-refractivity contribution is 6.00. The Hall–Kier alpha value is -3.35. The number of carbonyl (C=O) groups is 3. The third kappa shape index (κ3) is 10.1. The van der Waals surface area contributed by atoms with E-state index >= 15 is 0 Å². The molecule has 7 heteroatoms. The second-order valence-electron chi connectivity index (χ2n) is 13.6. The van der Waals surface area contributed by atoms with Crippen LogP contribution in [-0.4, -0.2) is 40.5 Å². The maximum atomic E-state index is 14.8. The molecule has 2 aromatic rings. The minimum Gasteiger partial charge on any atom is -0.444 e. The van der Waals surface area contributed by atoms with E-state index in [0.717, 1.165) is 39.9 Å². The van der Waals surface area contributed by atoms with E-state index in [-0.39, 0.29) is 23.8 Å². The Balaban J connectivity index is 2.73. The third-order valence-corrected chi connectivity index (χ3v) is 8.14. The predicted octanol–water partition coefficient (Wildman–Crippen LogP) is 8.19. The molecule has 2 aromatic carbocycles. The Labute approximate surface area is 260 Å². The van der Waals surface area contributed by atoms with Gasteiger partial charge in [-0.1, -0.05) is 70.5 Å². The molecular weight excluding hydrogens is 538 g/mol. The molecule has 0 aliphatic carbocycles. The monoisotopic (exact) mass is 593 g/mol. The molecule has 0 bridgehead atoms. The highest BCUT2D eigenvalue weighted by atomic mass is 16.6. The second-order valence-corrected chi connectivity index (χ2v) is 13.6. The number of anilines is 1. The summed E-state index contributed by atoms with van der Waals surface area (Å²) in [4.78, 5) is 43.9. The average molecular weight is 594 g/mol. The molecule has 0 fully saturated rings. The van der Waals surface area contributed by atoms with Crippen molar-refractivity contribution < 1.29 is 19.1 Å². The van der Waals surface area contributed by atoms with Gasteiger partial charge in [-0.2, -0.15) is 0 Å². The first-order valence-corrected chi connectivity index (χ1v) is 15.7. The van der Waals surface area contributed by atoms with Crippen molar-refractivity contribution in [3.63, 3.8) is 0 Å². The smallest absolute Gasteiger partial charge is 0.408 e. The number of aryl methyl sites for hydroxylation is 4. The molecule has 0 aliphatic rings. The Bertz CT molecular complexity index is 1240. The lowest BCUT2D eigenvalue weighted by Gasteiger charge is -2.40. The fourth-order valence-electron chi connectivity index (χ4n) is 5.17. The highest BCUT2D eigenvalue weighted by Crippen LogP contribution is 2.32. The van der Waals surface area contributed by atoms with Gasteiger partial charge >= 0.3 is 6.09 Å². The fourth-order valence-corrected chi connectivity index (χ4v) is 5.17. The van der Waals surface area contributed by atoms with Crippen molar-refractivity contribution in [2.45, 2.75) is 126 Å². The number of carbonyl (C=O) groups excluding carboxylic acids is 3. The van der Waals surface area contributed by atoms with Gasteiger partial charge in [0.25, 0.3) is 5.91 Å². The van der Waals surface area contributed by atoms with Crippen LogP contribution in [0.1, 0.15) is 109 Å². The van der Waals surface area contributed by atoms with Crippen LogP contribution >= 0.6 is 0 Å². The first kappa shape index (κ1) is 35.8. The van der Waals surface area contributed by atoms with Crippen LogP contribution in [0.4, 0.5) is 10.5 Å². The molecule has 0 heterocycles. The van der Waals surface area contributed by atoms with E-state index in [2.05, 4.69) is 24.5 Å². The fraction of sp³-hybridized carbons (Fsp3) is 0.583. The lowest BCUT2D eigenvalue weighted by molar-refractivity contribution is -0.144. The van der Waals surface area contributed by atoms with Gasteiger partial charge in [-0.25, -0.2) is 4.79 Å². The van der Waals surface area contributed by atoms with Gasteiger partial charge in [0.1, 0.15) is 17.7 Å². The zero-order valence-electron chi connectivity index (χ0n) is 28.6. The standard InChI is InChI=1S/C36H55N3O4/c1-13-23(4)31(38-35(42)43-36(10,11)12)34(41)39(28(9)19-17-22(2)3)32(29-20-18-24(5)27(8)21-29)33(40)37-30-25(6)15-14-16-26(30)7/h14-16,18,20-23,28,31-32H,13,17,19H2,1-12H3,(H,37,40)(H,38,42). The molecule has 3 amide bonds. The number of nitrogens with one attached hydrogen (secondary N) is 2. The van der Waals surface area contributed by atoms with Crippen molar-refractivity contribution in [3.8, 4) is 0 Å². The van der Waals surface area contributed by atoms with Gasteiger partial charge in [0, 0.05) is 11.7 Å². The number of nitrogens with zero attached hydrogens (tertiary/aromatic N) is 1. The Kier molecular flexibility index (Phi) is 12.8. The Morgan fingerprint density at radius 3 is 1.98 bits per heavy atom. The van der Waals surface area contributed by atoms with Gasteiger partial charge in [0.05, 0.1) is 0 Å². The molecule has 238 valence electrons. The van der Waals surface area contributed by atoms with Crippen molar-refractivity contribution >= 4 is 23.6 Å². The molecule has 2 rings (SSSR count). The maximum absolute atomic E-state index is 14.8. The molecule has 4 atom stereocenters. The summed E-state index contributed by atoms with van der Waals surface area (Å²) in [5.41, 5.74) is 4.79. The molecule has 0 saturated heterocycles. The molecule has 43 heavy (non-hydrogen) atoms. The Morgan fingerprint density at radius 2 is 1.47 bits per heavy atom. The van der Waals surface area contributed by atoms with E-state index in [4.69, 9.17) is 4.74 Å². The van der Waals surface area contributed by atoms with Crippen molar-refractivity contribution in [2.75, 3.05) is 5.32 Å². The normalized spacial score (nSPS) is 14.4. The third-order valence-electron chi connectivity index (χ3n) is 8.14. The summed E-state index contributed by atoms with van der Waals surface area (Å²) in [5.74, 6) is -0.350. The summed E-state index contributed by atoms with van der Waals surface area (Å²) in [6, 6.07) is 9.75. The van der Waals surface area contributed by atoms with Crippen molar-refractivity contribution in [2.24, 2.45) is 11.8 Å². The zero-order valence-corrected chi connectivity index (χ0v) is 28.6. The van der Waals surface area contributed by atoms with Crippen LogP contribution in [0.2, 0.25) is 0 Å². The molecule has 0 aliphatic heterocycles. The van der Waals surface area contributed by atoms with Crippen LogP contribution in [0.15, 0.2) is 36.4 Å². The minimum absolute atomic E-state index is 0.193. The van der Waals surface area contributed by atoms with Crippen LogP contribution in [0, 0.1) is 39.5 Å². The molecule has 4 unspecified atom stereocenters. The van der Waals surface area contributed by atoms with Crippen LogP contribution in [0.5, 0.6) is 0 Å². The summed E-state index contributed by atoms with van der Waals surface area (Å²) in [5, 5.41) is 6.05. The number of ether oxygens (including phenoxy) is 1. The summed E-state index contributed by atoms with van der Waals surface area (Å²) >= 11 is 0. The van der Waals surface area contributed by atoms with Crippen molar-refractivity contribution in [1.82, 2.24) is 10.2 Å². The first-order chi connectivity index (χ1) is 20.0. The van der Waals surface area contributed by atoms with Gasteiger partial charge in [-0.15, -0.1) is 0 Å². The number of benzene rings is 2. The van der Waals surface area contributed by atoms with E-state index in [0.29, 0.717) is 18.8 Å². The summed E-state index contributed by atoms with van der Waals surface area (Å²) in [7, 11) is 0. The van der Waals surface area contributed by atoms with Crippen LogP contribution < -0.4 is 10.6 Å². The molecule has 0 spiro atoms. The van der Waals surface area contributed by atoms with Crippen molar-refractivity contribution in [3.05, 3.63) is 64.2 Å². The summed E-state index contributed by atoms with van der Waals surface area (Å²) in [6.45, 7) is 23.6. The predicted molar refractivity (Wildman–Crippen MR) is 176 cm³/mol. The van der Waals surface area contributed by atoms with E-state index in [1.54, 1.807) is 25.7 Å². The zero-order chi connectivity index (χ0) is 32.6. The van der Waals surface area contributed by atoms with E-state index in [1.807, 2.05) is 84.9 Å². The largest absolute Gasteiger partial charge is 0.444 e. The highest BCUT2D eigenvalue weighted by Gasteiger charge is 2.40. The number of hydrogen-bond acceptors (Lipinski definition) is 4. The molecule has 0 saturated carbocycles. The van der Waals surface area contributed by atoms with Gasteiger partial charge in [0.2, 0.25) is 5.91 Å². The maximum Gasteiger partial charge on any atom is 0.408 e. The van der Waals surface area contributed by atoms with E-state index in [1.165, 1.54) is 0 Å². The van der Waals surface area contributed by atoms with Gasteiger partial charge in [0.15, 0.2) is 0 Å². The molecule has 0 aromatic heterocycles. The topological polar surface area (TPSA) is 87.7 Å². The van der Waals surface area contributed by atoms with Gasteiger partial charge < -0.3 is 20.3 Å². The number of amides is 3. The SMILES string of the molecule is CCC(C)C(NC(=O)OC(C)(C)C)C(=O)N(C(C)CCC(C)C)C(C(=O)Nc1c(C)cccc1C)c1ccc(C)c(C)c1. The minimum atomic E-state index is -0.917. The molecule has 7 nitrogen and oxygen atoms in total.